The van der Waals surface area contributed by atoms with Gasteiger partial charge in [-0.1, -0.05) is 59.6 Å². The quantitative estimate of drug-likeness (QED) is 0.468. The Kier molecular flexibility index (Phi) is 5.00. The van der Waals surface area contributed by atoms with Crippen LogP contribution >= 0.6 is 0 Å². The highest BCUT2D eigenvalue weighted by Crippen LogP contribution is 2.69. The van der Waals surface area contributed by atoms with Gasteiger partial charge < -0.3 is 0 Å². The third-order valence-corrected chi connectivity index (χ3v) is 9.74. The molecule has 0 aliphatic heterocycles. The molecule has 0 heterocycles. The van der Waals surface area contributed by atoms with Crippen molar-refractivity contribution in [1.29, 1.82) is 0 Å². The molecule has 0 aromatic heterocycles. The maximum atomic E-state index is 4.43. The van der Waals surface area contributed by atoms with Gasteiger partial charge in [-0.15, -0.1) is 0 Å². The SMILES string of the molecule is C=C(C)C1CCC2(CC)CCC3(C)C(C)C(C(C)CC)CCC3C12. The van der Waals surface area contributed by atoms with E-state index in [0.29, 0.717) is 10.8 Å². The van der Waals surface area contributed by atoms with Crippen molar-refractivity contribution in [2.24, 2.45) is 46.3 Å². The van der Waals surface area contributed by atoms with Crippen LogP contribution in [0.5, 0.6) is 0 Å². The third-order valence-electron chi connectivity index (χ3n) is 9.74. The van der Waals surface area contributed by atoms with E-state index in [0.717, 1.165) is 35.5 Å². The summed E-state index contributed by atoms with van der Waals surface area (Å²) in [5, 5.41) is 0. The van der Waals surface area contributed by atoms with Gasteiger partial charge in [0.25, 0.3) is 0 Å². The molecule has 0 aromatic carbocycles. The number of hydrogen-bond donors (Lipinski definition) is 0. The van der Waals surface area contributed by atoms with E-state index in [4.69, 9.17) is 0 Å². The highest BCUT2D eigenvalue weighted by atomic mass is 14.7. The number of fused-ring (bicyclic) bond motifs is 3. The lowest BCUT2D eigenvalue weighted by molar-refractivity contribution is -0.121. The van der Waals surface area contributed by atoms with E-state index >= 15 is 0 Å². The second-order valence-corrected chi connectivity index (χ2v) is 10.3. The normalized spacial score (nSPS) is 49.3. The van der Waals surface area contributed by atoms with Crippen LogP contribution in [-0.4, -0.2) is 0 Å². The summed E-state index contributed by atoms with van der Waals surface area (Å²) in [6.07, 6.45) is 11.6. The van der Waals surface area contributed by atoms with Crippen LogP contribution < -0.4 is 0 Å². The Morgan fingerprint density at radius 1 is 1.12 bits per heavy atom. The summed E-state index contributed by atoms with van der Waals surface area (Å²) in [5.41, 5.74) is 2.71. The van der Waals surface area contributed by atoms with Crippen molar-refractivity contribution in [3.63, 3.8) is 0 Å². The first kappa shape index (κ1) is 18.5. The zero-order valence-electron chi connectivity index (χ0n) is 17.3. The van der Waals surface area contributed by atoms with E-state index in [1.807, 2.05) is 0 Å². The van der Waals surface area contributed by atoms with Crippen molar-refractivity contribution in [1.82, 2.24) is 0 Å². The Morgan fingerprint density at radius 3 is 2.42 bits per heavy atom. The zero-order valence-corrected chi connectivity index (χ0v) is 17.3. The van der Waals surface area contributed by atoms with Crippen molar-refractivity contribution >= 4 is 0 Å². The molecule has 3 saturated carbocycles. The summed E-state index contributed by atoms with van der Waals surface area (Å²) in [6.45, 7) is 19.4. The minimum absolute atomic E-state index is 0.577. The molecular weight excluding hydrogens is 288 g/mol. The molecule has 0 aromatic rings. The Morgan fingerprint density at radius 2 is 1.83 bits per heavy atom. The van der Waals surface area contributed by atoms with Gasteiger partial charge in [0.05, 0.1) is 0 Å². The average Bonchev–Trinajstić information content (AvgIpc) is 2.96. The van der Waals surface area contributed by atoms with Gasteiger partial charge in [0, 0.05) is 0 Å². The molecule has 0 heteroatoms. The second-order valence-electron chi connectivity index (χ2n) is 10.3. The fourth-order valence-electron chi connectivity index (χ4n) is 7.74. The first-order valence-corrected chi connectivity index (χ1v) is 11.0. The van der Waals surface area contributed by atoms with E-state index in [1.54, 1.807) is 0 Å². The molecule has 8 unspecified atom stereocenters. The van der Waals surface area contributed by atoms with Gasteiger partial charge in [0.1, 0.15) is 0 Å². The monoisotopic (exact) mass is 330 g/mol. The van der Waals surface area contributed by atoms with Crippen LogP contribution in [0.4, 0.5) is 0 Å². The zero-order chi connectivity index (χ0) is 17.7. The summed E-state index contributed by atoms with van der Waals surface area (Å²) in [5.74, 6) is 5.44. The molecule has 138 valence electrons. The lowest BCUT2D eigenvalue weighted by atomic mass is 9.43. The van der Waals surface area contributed by atoms with E-state index < -0.39 is 0 Å². The molecule has 0 spiro atoms. The molecule has 0 saturated heterocycles. The highest BCUT2D eigenvalue weighted by molar-refractivity contribution is 5.15. The maximum Gasteiger partial charge on any atom is -0.0172 e. The van der Waals surface area contributed by atoms with Crippen LogP contribution in [0.25, 0.3) is 0 Å². The predicted octanol–water partition coefficient (Wildman–Crippen LogP) is 7.49. The molecule has 8 atom stereocenters. The molecule has 3 fully saturated rings. The molecule has 0 bridgehead atoms. The predicted molar refractivity (Wildman–Crippen MR) is 106 cm³/mol. The van der Waals surface area contributed by atoms with E-state index in [2.05, 4.69) is 48.1 Å². The molecule has 0 radical (unpaired) electrons. The smallest absolute Gasteiger partial charge is 0.0172 e. The van der Waals surface area contributed by atoms with Crippen LogP contribution in [0.1, 0.15) is 92.9 Å². The fourth-order valence-corrected chi connectivity index (χ4v) is 7.74. The van der Waals surface area contributed by atoms with Gasteiger partial charge >= 0.3 is 0 Å². The molecule has 3 rings (SSSR count). The van der Waals surface area contributed by atoms with E-state index in [1.165, 1.54) is 56.9 Å². The summed E-state index contributed by atoms with van der Waals surface area (Å²) in [7, 11) is 0. The van der Waals surface area contributed by atoms with Crippen LogP contribution in [0.15, 0.2) is 12.2 Å². The minimum atomic E-state index is 0.577. The minimum Gasteiger partial charge on any atom is -0.0998 e. The summed E-state index contributed by atoms with van der Waals surface area (Å²) < 4.78 is 0. The van der Waals surface area contributed by atoms with Crippen LogP contribution in [0, 0.1) is 46.3 Å². The van der Waals surface area contributed by atoms with E-state index in [9.17, 15) is 0 Å². The number of rotatable bonds is 4. The van der Waals surface area contributed by atoms with Crippen molar-refractivity contribution in [3.05, 3.63) is 12.2 Å². The first-order valence-electron chi connectivity index (χ1n) is 11.0. The van der Waals surface area contributed by atoms with Gasteiger partial charge in [-0.2, -0.15) is 0 Å². The Balaban J connectivity index is 1.94. The Hall–Kier alpha value is -0.260. The highest BCUT2D eigenvalue weighted by Gasteiger charge is 2.61. The number of hydrogen-bond acceptors (Lipinski definition) is 0. The molecule has 0 nitrogen and oxygen atoms in total. The Labute approximate surface area is 151 Å². The van der Waals surface area contributed by atoms with Crippen molar-refractivity contribution in [3.8, 4) is 0 Å². The first-order chi connectivity index (χ1) is 11.3. The molecule has 3 aliphatic carbocycles. The second kappa shape index (κ2) is 6.48. The molecule has 24 heavy (non-hydrogen) atoms. The summed E-state index contributed by atoms with van der Waals surface area (Å²) in [4.78, 5) is 0. The molecule has 0 amide bonds. The van der Waals surface area contributed by atoms with Crippen LogP contribution in [0.3, 0.4) is 0 Å². The van der Waals surface area contributed by atoms with Crippen LogP contribution in [0.2, 0.25) is 0 Å². The lowest BCUT2D eigenvalue weighted by Crippen LogP contribution is -2.54. The molecule has 3 aliphatic rings. The van der Waals surface area contributed by atoms with Gasteiger partial charge in [0.2, 0.25) is 0 Å². The Bertz CT molecular complexity index is 476. The van der Waals surface area contributed by atoms with E-state index in [-0.39, 0.29) is 0 Å². The van der Waals surface area contributed by atoms with Gasteiger partial charge in [0.15, 0.2) is 0 Å². The largest absolute Gasteiger partial charge is 0.0998 e. The fraction of sp³-hybridized carbons (Fsp3) is 0.917. The van der Waals surface area contributed by atoms with Crippen molar-refractivity contribution in [2.75, 3.05) is 0 Å². The molecule has 0 N–H and O–H groups in total. The maximum absolute atomic E-state index is 4.43. The lowest BCUT2D eigenvalue weighted by Gasteiger charge is -2.61. The van der Waals surface area contributed by atoms with Gasteiger partial charge in [-0.3, -0.25) is 0 Å². The average molecular weight is 331 g/mol. The summed E-state index contributed by atoms with van der Waals surface area (Å²) >= 11 is 0. The van der Waals surface area contributed by atoms with Crippen molar-refractivity contribution < 1.29 is 0 Å². The third kappa shape index (κ3) is 2.53. The van der Waals surface area contributed by atoms with Gasteiger partial charge in [-0.05, 0) is 91.8 Å². The van der Waals surface area contributed by atoms with Gasteiger partial charge in [-0.25, -0.2) is 0 Å². The number of allylic oxidation sites excluding steroid dienone is 1. The topological polar surface area (TPSA) is 0 Å². The molecular formula is C24H42. The van der Waals surface area contributed by atoms with Crippen molar-refractivity contribution in [2.45, 2.75) is 92.9 Å². The standard InChI is InChI=1S/C24H42/c1-8-17(5)20-10-11-21-22-19(16(3)4)12-13-24(22,9-2)15-14-23(21,7)18(20)6/h17-22H,3,8-15H2,1-2,4-7H3. The summed E-state index contributed by atoms with van der Waals surface area (Å²) in [6, 6.07) is 0. The van der Waals surface area contributed by atoms with Crippen LogP contribution in [-0.2, 0) is 0 Å².